The van der Waals surface area contributed by atoms with Gasteiger partial charge in [0.25, 0.3) is 0 Å². The SMILES string of the molecule is CC(CCBr)CCCBr. The van der Waals surface area contributed by atoms with E-state index in [1.54, 1.807) is 0 Å². The van der Waals surface area contributed by atoms with Crippen LogP contribution in [0.25, 0.3) is 0 Å². The number of alkyl halides is 2. The van der Waals surface area contributed by atoms with Crippen LogP contribution in [0.5, 0.6) is 0 Å². The van der Waals surface area contributed by atoms with Gasteiger partial charge in [0.1, 0.15) is 0 Å². The van der Waals surface area contributed by atoms with E-state index in [-0.39, 0.29) is 0 Å². The van der Waals surface area contributed by atoms with Gasteiger partial charge in [-0.25, -0.2) is 0 Å². The highest BCUT2D eigenvalue weighted by atomic mass is 79.9. The maximum absolute atomic E-state index is 3.43. The van der Waals surface area contributed by atoms with Gasteiger partial charge in [-0.1, -0.05) is 38.8 Å². The normalized spacial score (nSPS) is 13.7. The number of rotatable bonds is 5. The van der Waals surface area contributed by atoms with Crippen molar-refractivity contribution in [3.63, 3.8) is 0 Å². The van der Waals surface area contributed by atoms with Gasteiger partial charge < -0.3 is 0 Å². The van der Waals surface area contributed by atoms with Crippen LogP contribution in [0, 0.1) is 5.92 Å². The summed E-state index contributed by atoms with van der Waals surface area (Å²) < 4.78 is 0. The minimum absolute atomic E-state index is 0.891. The van der Waals surface area contributed by atoms with E-state index >= 15 is 0 Å². The quantitative estimate of drug-likeness (QED) is 0.661. The Morgan fingerprint density at radius 1 is 1.11 bits per heavy atom. The van der Waals surface area contributed by atoms with E-state index in [0.717, 1.165) is 16.6 Å². The predicted molar refractivity (Wildman–Crippen MR) is 50.6 cm³/mol. The highest BCUT2D eigenvalue weighted by Crippen LogP contribution is 2.11. The predicted octanol–water partition coefficient (Wildman–Crippen LogP) is 3.58. The average molecular weight is 258 g/mol. The Morgan fingerprint density at radius 3 is 2.22 bits per heavy atom. The zero-order chi connectivity index (χ0) is 7.11. The molecule has 0 saturated heterocycles. The summed E-state index contributed by atoms with van der Waals surface area (Å²) in [6, 6.07) is 0. The summed E-state index contributed by atoms with van der Waals surface area (Å²) in [5.41, 5.74) is 0. The van der Waals surface area contributed by atoms with Gasteiger partial charge >= 0.3 is 0 Å². The first-order valence-corrected chi connectivity index (χ1v) is 5.67. The van der Waals surface area contributed by atoms with E-state index in [1.807, 2.05) is 0 Å². The van der Waals surface area contributed by atoms with E-state index in [0.29, 0.717) is 0 Å². The molecule has 0 aromatic carbocycles. The number of hydrogen-bond acceptors (Lipinski definition) is 0. The van der Waals surface area contributed by atoms with Crippen molar-refractivity contribution in [2.75, 3.05) is 10.7 Å². The molecule has 1 atom stereocenters. The summed E-state index contributed by atoms with van der Waals surface area (Å²) >= 11 is 6.85. The summed E-state index contributed by atoms with van der Waals surface area (Å²) in [5, 5.41) is 2.30. The zero-order valence-electron chi connectivity index (χ0n) is 5.87. The summed E-state index contributed by atoms with van der Waals surface area (Å²) in [7, 11) is 0. The first-order valence-electron chi connectivity index (χ1n) is 3.43. The molecule has 0 heterocycles. The molecule has 2 heteroatoms. The Labute approximate surface area is 74.7 Å². The van der Waals surface area contributed by atoms with Crippen LogP contribution in [-0.2, 0) is 0 Å². The van der Waals surface area contributed by atoms with E-state index in [4.69, 9.17) is 0 Å². The van der Waals surface area contributed by atoms with E-state index < -0.39 is 0 Å². The van der Waals surface area contributed by atoms with E-state index in [2.05, 4.69) is 38.8 Å². The highest BCUT2D eigenvalue weighted by molar-refractivity contribution is 9.09. The molecule has 0 aromatic heterocycles. The highest BCUT2D eigenvalue weighted by Gasteiger charge is 1.98. The standard InChI is InChI=1S/C7H14Br2/c1-7(4-6-9)3-2-5-8/h7H,2-6H2,1H3. The smallest absolute Gasteiger partial charge is 0.00338 e. The van der Waals surface area contributed by atoms with Gasteiger partial charge in [0.15, 0.2) is 0 Å². The van der Waals surface area contributed by atoms with Crippen molar-refractivity contribution in [1.82, 2.24) is 0 Å². The lowest BCUT2D eigenvalue weighted by Gasteiger charge is -2.06. The van der Waals surface area contributed by atoms with Crippen LogP contribution in [0.4, 0.5) is 0 Å². The third kappa shape index (κ3) is 6.85. The van der Waals surface area contributed by atoms with Gasteiger partial charge in [0.05, 0.1) is 0 Å². The molecule has 0 aromatic rings. The Morgan fingerprint density at radius 2 is 1.78 bits per heavy atom. The summed E-state index contributed by atoms with van der Waals surface area (Å²) in [5.74, 6) is 0.891. The average Bonchev–Trinajstić information content (AvgIpc) is 1.85. The molecule has 56 valence electrons. The fourth-order valence-electron chi connectivity index (χ4n) is 0.756. The van der Waals surface area contributed by atoms with Crippen LogP contribution >= 0.6 is 31.9 Å². The molecule has 0 aliphatic rings. The molecule has 0 rings (SSSR count). The molecule has 0 aliphatic heterocycles. The van der Waals surface area contributed by atoms with Crippen LogP contribution in [0.15, 0.2) is 0 Å². The van der Waals surface area contributed by atoms with Crippen LogP contribution in [0.1, 0.15) is 26.2 Å². The fraction of sp³-hybridized carbons (Fsp3) is 1.00. The van der Waals surface area contributed by atoms with Crippen molar-refractivity contribution in [3.8, 4) is 0 Å². The Hall–Kier alpha value is 0.960. The van der Waals surface area contributed by atoms with E-state index in [9.17, 15) is 0 Å². The lowest BCUT2D eigenvalue weighted by molar-refractivity contribution is 0.517. The van der Waals surface area contributed by atoms with Gasteiger partial charge in [0.2, 0.25) is 0 Å². The lowest BCUT2D eigenvalue weighted by Crippen LogP contribution is -1.94. The molecule has 1 unspecified atom stereocenters. The van der Waals surface area contributed by atoms with Crippen LogP contribution in [0.2, 0.25) is 0 Å². The van der Waals surface area contributed by atoms with Crippen LogP contribution in [-0.4, -0.2) is 10.7 Å². The Balaban J connectivity index is 2.95. The molecule has 0 N–H and O–H groups in total. The molecule has 0 saturated carbocycles. The second kappa shape index (κ2) is 7.07. The summed E-state index contributed by atoms with van der Waals surface area (Å²) in [4.78, 5) is 0. The van der Waals surface area contributed by atoms with Gasteiger partial charge in [0, 0.05) is 10.7 Å². The second-order valence-corrected chi connectivity index (χ2v) is 4.00. The first kappa shape index (κ1) is 9.96. The van der Waals surface area contributed by atoms with Crippen molar-refractivity contribution in [3.05, 3.63) is 0 Å². The number of hydrogen-bond donors (Lipinski definition) is 0. The number of halogens is 2. The first-order chi connectivity index (χ1) is 4.31. The third-order valence-corrected chi connectivity index (χ3v) is 2.45. The summed E-state index contributed by atoms with van der Waals surface area (Å²) in [6.07, 6.45) is 3.98. The maximum atomic E-state index is 3.43. The summed E-state index contributed by atoms with van der Waals surface area (Å²) in [6.45, 7) is 2.31. The monoisotopic (exact) mass is 256 g/mol. The molecule has 9 heavy (non-hydrogen) atoms. The molecular weight excluding hydrogens is 244 g/mol. The molecule has 0 bridgehead atoms. The van der Waals surface area contributed by atoms with Gasteiger partial charge in [-0.2, -0.15) is 0 Å². The van der Waals surface area contributed by atoms with Crippen molar-refractivity contribution < 1.29 is 0 Å². The third-order valence-electron chi connectivity index (χ3n) is 1.43. The fourth-order valence-corrected chi connectivity index (χ4v) is 1.86. The second-order valence-electron chi connectivity index (χ2n) is 2.41. The lowest BCUT2D eigenvalue weighted by atomic mass is 10.0. The maximum Gasteiger partial charge on any atom is 0.00338 e. The van der Waals surface area contributed by atoms with Gasteiger partial charge in [-0.3, -0.25) is 0 Å². The molecule has 0 fully saturated rings. The molecule has 0 spiro atoms. The van der Waals surface area contributed by atoms with Crippen LogP contribution < -0.4 is 0 Å². The molecule has 0 nitrogen and oxygen atoms in total. The van der Waals surface area contributed by atoms with Crippen LogP contribution in [0.3, 0.4) is 0 Å². The minimum atomic E-state index is 0.891. The van der Waals surface area contributed by atoms with Crippen molar-refractivity contribution in [2.45, 2.75) is 26.2 Å². The van der Waals surface area contributed by atoms with Crippen molar-refractivity contribution in [2.24, 2.45) is 5.92 Å². The molecule has 0 amide bonds. The largest absolute Gasteiger partial charge is 0.0928 e. The molecular formula is C7H14Br2. The molecule has 0 aliphatic carbocycles. The van der Waals surface area contributed by atoms with Gasteiger partial charge in [-0.15, -0.1) is 0 Å². The molecule has 0 radical (unpaired) electrons. The van der Waals surface area contributed by atoms with Crippen molar-refractivity contribution in [1.29, 1.82) is 0 Å². The minimum Gasteiger partial charge on any atom is -0.0928 e. The topological polar surface area (TPSA) is 0 Å². The van der Waals surface area contributed by atoms with Crippen molar-refractivity contribution >= 4 is 31.9 Å². The van der Waals surface area contributed by atoms with Gasteiger partial charge in [-0.05, 0) is 25.2 Å². The van der Waals surface area contributed by atoms with E-state index in [1.165, 1.54) is 19.3 Å². The Kier molecular flexibility index (Phi) is 7.83. The Bertz CT molecular complexity index is 54.9. The zero-order valence-corrected chi connectivity index (χ0v) is 9.04.